The molecule has 0 bridgehead atoms. The van der Waals surface area contributed by atoms with Crippen molar-refractivity contribution in [1.82, 2.24) is 19.1 Å². The minimum atomic E-state index is -2.91. The topological polar surface area (TPSA) is 108 Å². The highest BCUT2D eigenvalue weighted by molar-refractivity contribution is 6.31. The van der Waals surface area contributed by atoms with Crippen molar-refractivity contribution in [2.24, 2.45) is 0 Å². The molecule has 9 nitrogen and oxygen atoms in total. The van der Waals surface area contributed by atoms with Crippen molar-refractivity contribution >= 4 is 11.6 Å². The van der Waals surface area contributed by atoms with E-state index in [1.54, 1.807) is 6.07 Å². The second-order valence-corrected chi connectivity index (χ2v) is 9.65. The number of ether oxygens (including phenoxy) is 2. The van der Waals surface area contributed by atoms with Crippen LogP contribution in [-0.4, -0.2) is 30.8 Å². The van der Waals surface area contributed by atoms with Crippen LogP contribution in [0, 0.1) is 11.6 Å². The summed E-state index contributed by atoms with van der Waals surface area (Å²) in [5.41, 5.74) is -2.27. The number of rotatable bonds is 5. The first-order valence-corrected chi connectivity index (χ1v) is 12.1. The van der Waals surface area contributed by atoms with Crippen LogP contribution in [0.1, 0.15) is 39.1 Å². The Kier molecular flexibility index (Phi) is 6.39. The molecule has 0 aliphatic carbocycles. The van der Waals surface area contributed by atoms with Gasteiger partial charge >= 0.3 is 0 Å². The Bertz CT molecular complexity index is 1790. The molecule has 5 heterocycles. The van der Waals surface area contributed by atoms with Crippen molar-refractivity contribution < 1.29 is 26.1 Å². The van der Waals surface area contributed by atoms with E-state index in [9.17, 15) is 23.5 Å². The summed E-state index contributed by atoms with van der Waals surface area (Å²) in [6.07, 6.45) is 3.75. The fourth-order valence-electron chi connectivity index (χ4n) is 4.14. The van der Waals surface area contributed by atoms with Gasteiger partial charge in [-0.25, -0.2) is 13.8 Å². The summed E-state index contributed by atoms with van der Waals surface area (Å²) in [5, 5.41) is 9.91. The number of hydrogen-bond donors (Lipinski definition) is 1. The zero-order valence-corrected chi connectivity index (χ0v) is 21.5. The zero-order valence-electron chi connectivity index (χ0n) is 22.7. The van der Waals surface area contributed by atoms with Crippen LogP contribution in [0.25, 0.3) is 11.5 Å². The summed E-state index contributed by atoms with van der Waals surface area (Å²) in [6.45, 7) is 0.336. The summed E-state index contributed by atoms with van der Waals surface area (Å²) in [5.74, 6) is -2.51. The first kappa shape index (κ1) is 24.1. The van der Waals surface area contributed by atoms with Crippen molar-refractivity contribution in [2.45, 2.75) is 39.0 Å². The van der Waals surface area contributed by atoms with E-state index >= 15 is 0 Å². The maximum absolute atomic E-state index is 14.3. The predicted molar refractivity (Wildman–Crippen MR) is 138 cm³/mol. The summed E-state index contributed by atoms with van der Waals surface area (Å²) in [4.78, 5) is 34.6. The first-order valence-electron chi connectivity index (χ1n) is 12.7. The van der Waals surface area contributed by atoms with E-state index in [1.807, 2.05) is 0 Å². The van der Waals surface area contributed by atoms with Gasteiger partial charge in [-0.2, -0.15) is 0 Å². The molecule has 4 aromatic rings. The number of fused-ring (bicyclic) bond motifs is 3. The summed E-state index contributed by atoms with van der Waals surface area (Å²) < 4.78 is 57.5. The Morgan fingerprint density at radius 1 is 1.21 bits per heavy atom. The zero-order chi connectivity index (χ0) is 29.7. The molecule has 1 aliphatic heterocycles. The quantitative estimate of drug-likeness (QED) is 0.399. The molecule has 4 aromatic heterocycles. The van der Waals surface area contributed by atoms with E-state index in [-0.39, 0.29) is 36.8 Å². The molecule has 202 valence electrons. The molecule has 1 aliphatic rings. The van der Waals surface area contributed by atoms with Crippen LogP contribution < -0.4 is 15.9 Å². The van der Waals surface area contributed by atoms with Gasteiger partial charge in [-0.1, -0.05) is 11.6 Å². The Hall–Kier alpha value is -3.93. The minimum Gasteiger partial charge on any atom is -0.485 e. The van der Waals surface area contributed by atoms with Crippen molar-refractivity contribution in [3.8, 4) is 17.3 Å². The number of hydrogen-bond acceptors (Lipinski definition) is 7. The molecule has 0 saturated carbocycles. The van der Waals surface area contributed by atoms with Crippen molar-refractivity contribution in [3.63, 3.8) is 0 Å². The van der Waals surface area contributed by atoms with Gasteiger partial charge < -0.3 is 14.6 Å². The van der Waals surface area contributed by atoms with Crippen molar-refractivity contribution in [1.29, 1.82) is 0 Å². The number of pyridine rings is 4. The molecule has 0 spiro atoms. The SMILES string of the molecule is [2H]C([2H])(Oc1cc2n(c(=O)c1Cl)-c1cc(-n3cccc(C(C)(C)O)c3=O)ncc1COCC2)c1ncc(F)cc1F. The Morgan fingerprint density at radius 2 is 2.00 bits per heavy atom. The van der Waals surface area contributed by atoms with Gasteiger partial charge in [0.25, 0.3) is 11.1 Å². The van der Waals surface area contributed by atoms with E-state index in [4.69, 9.17) is 23.8 Å². The van der Waals surface area contributed by atoms with Crippen LogP contribution in [-0.2, 0) is 29.9 Å². The van der Waals surface area contributed by atoms with Gasteiger partial charge in [0, 0.05) is 53.8 Å². The van der Waals surface area contributed by atoms with E-state index in [1.165, 1.54) is 53.6 Å². The molecule has 0 amide bonds. The number of nitrogens with zero attached hydrogens (tertiary/aromatic N) is 4. The number of halogens is 3. The third kappa shape index (κ3) is 5.20. The van der Waals surface area contributed by atoms with E-state index in [0.717, 1.165) is 0 Å². The largest absolute Gasteiger partial charge is 0.485 e. The maximum atomic E-state index is 14.3. The van der Waals surface area contributed by atoms with Crippen LogP contribution in [0.4, 0.5) is 8.78 Å². The third-order valence-corrected chi connectivity index (χ3v) is 6.41. The summed E-state index contributed by atoms with van der Waals surface area (Å²) in [7, 11) is 0. The van der Waals surface area contributed by atoms with Gasteiger partial charge in [-0.05, 0) is 26.0 Å². The summed E-state index contributed by atoms with van der Waals surface area (Å²) in [6, 6.07) is 6.38. The van der Waals surface area contributed by atoms with Crippen molar-refractivity contribution in [3.05, 3.63) is 109 Å². The lowest BCUT2D eigenvalue weighted by molar-refractivity contribution is 0.0767. The third-order valence-electron chi connectivity index (χ3n) is 6.06. The molecular weight excluding hydrogens is 534 g/mol. The molecule has 12 heteroatoms. The molecule has 0 aromatic carbocycles. The van der Waals surface area contributed by atoms with E-state index in [2.05, 4.69) is 9.97 Å². The number of aromatic nitrogens is 4. The smallest absolute Gasteiger partial charge is 0.277 e. The normalized spacial score (nSPS) is 14.4. The number of aliphatic hydroxyl groups is 1. The van der Waals surface area contributed by atoms with Gasteiger partial charge in [0.2, 0.25) is 0 Å². The van der Waals surface area contributed by atoms with Crippen LogP contribution in [0.3, 0.4) is 0 Å². The van der Waals surface area contributed by atoms with Crippen LogP contribution in [0.5, 0.6) is 5.75 Å². The average Bonchev–Trinajstić information content (AvgIpc) is 2.87. The lowest BCUT2D eigenvalue weighted by atomic mass is 10.0. The fourth-order valence-corrected chi connectivity index (χ4v) is 4.32. The van der Waals surface area contributed by atoms with Gasteiger partial charge in [-0.15, -0.1) is 0 Å². The van der Waals surface area contributed by atoms with E-state index in [0.29, 0.717) is 29.2 Å². The summed E-state index contributed by atoms with van der Waals surface area (Å²) >= 11 is 6.37. The van der Waals surface area contributed by atoms with Gasteiger partial charge in [-0.3, -0.25) is 23.7 Å². The molecule has 0 saturated heterocycles. The fraction of sp³-hybridized carbons (Fsp3) is 0.259. The van der Waals surface area contributed by atoms with Crippen LogP contribution >= 0.6 is 11.6 Å². The monoisotopic (exact) mass is 558 g/mol. The highest BCUT2D eigenvalue weighted by Crippen LogP contribution is 2.28. The Morgan fingerprint density at radius 3 is 2.74 bits per heavy atom. The first-order chi connectivity index (χ1) is 19.3. The highest BCUT2D eigenvalue weighted by Gasteiger charge is 2.24. The van der Waals surface area contributed by atoms with Gasteiger partial charge in [0.05, 0.1) is 33.4 Å². The van der Waals surface area contributed by atoms with Gasteiger partial charge in [0.1, 0.15) is 34.7 Å². The highest BCUT2D eigenvalue weighted by atomic mass is 35.5. The Balaban J connectivity index is 1.64. The lowest BCUT2D eigenvalue weighted by Gasteiger charge is -2.22. The second-order valence-electron chi connectivity index (χ2n) is 9.27. The van der Waals surface area contributed by atoms with E-state index < -0.39 is 45.6 Å². The van der Waals surface area contributed by atoms with Crippen LogP contribution in [0.2, 0.25) is 5.02 Å². The lowest BCUT2D eigenvalue weighted by Crippen LogP contribution is -2.31. The predicted octanol–water partition coefficient (Wildman–Crippen LogP) is 3.59. The van der Waals surface area contributed by atoms with Gasteiger partial charge in [0.15, 0.2) is 5.82 Å². The molecule has 5 rings (SSSR count). The second kappa shape index (κ2) is 10.3. The molecule has 0 unspecified atom stereocenters. The minimum absolute atomic E-state index is 0.0983. The molecule has 39 heavy (non-hydrogen) atoms. The molecule has 0 radical (unpaired) electrons. The molecular formula is C27H23ClF2N4O5. The van der Waals surface area contributed by atoms with Crippen molar-refractivity contribution in [2.75, 3.05) is 6.61 Å². The average molecular weight is 559 g/mol. The standard InChI is InChI=1S/C27H23ClF2N4O5/c1-27(2,37)18-4-3-6-33(25(18)35)23-10-21-15(11-32-23)13-38-7-5-17-9-22(24(28)26(36)34(17)21)39-14-20-19(30)8-16(29)12-31-20/h3-4,6,8-12,37H,5,7,13-14H2,1-2H3/i14D2. The Labute approximate surface area is 228 Å². The molecule has 0 atom stereocenters. The molecule has 0 fully saturated rings. The maximum Gasteiger partial charge on any atom is 0.277 e. The molecule has 1 N–H and O–H groups in total. The van der Waals surface area contributed by atoms with Crippen LogP contribution in [0.15, 0.2) is 58.5 Å².